The van der Waals surface area contributed by atoms with Gasteiger partial charge in [0.15, 0.2) is 0 Å². The van der Waals surface area contributed by atoms with Crippen LogP contribution in [-0.2, 0) is 14.3 Å². The number of rotatable bonds is 7. The molecule has 2 fully saturated rings. The molecule has 0 spiro atoms. The molecule has 2 heterocycles. The molecule has 8 heteroatoms. The van der Waals surface area contributed by atoms with Crippen LogP contribution in [0.4, 0.5) is 4.39 Å². The normalized spacial score (nSPS) is 20.9. The van der Waals surface area contributed by atoms with Gasteiger partial charge in [-0.2, -0.15) is 0 Å². The number of carbonyl (C=O) groups is 2. The van der Waals surface area contributed by atoms with Crippen molar-refractivity contribution in [3.63, 3.8) is 0 Å². The lowest BCUT2D eigenvalue weighted by Gasteiger charge is -2.29. The van der Waals surface area contributed by atoms with Gasteiger partial charge in [-0.05, 0) is 24.6 Å². The van der Waals surface area contributed by atoms with Gasteiger partial charge in [0.2, 0.25) is 0 Å². The van der Waals surface area contributed by atoms with Crippen LogP contribution in [0.5, 0.6) is 5.75 Å². The van der Waals surface area contributed by atoms with E-state index in [4.69, 9.17) is 9.47 Å². The predicted octanol–water partition coefficient (Wildman–Crippen LogP) is 2.98. The lowest BCUT2D eigenvalue weighted by Crippen LogP contribution is -2.39. The van der Waals surface area contributed by atoms with Crippen LogP contribution >= 0.6 is 0 Å². The summed E-state index contributed by atoms with van der Waals surface area (Å²) in [6, 6.07) is 11.6. The smallest absolute Gasteiger partial charge is 0.295 e. The molecule has 1 atom stereocenters. The summed E-state index contributed by atoms with van der Waals surface area (Å²) in [5, 5.41) is 11.1. The van der Waals surface area contributed by atoms with Gasteiger partial charge >= 0.3 is 0 Å². The fourth-order valence-corrected chi connectivity index (χ4v) is 4.35. The maximum absolute atomic E-state index is 14.8. The topological polar surface area (TPSA) is 79.3 Å². The van der Waals surface area contributed by atoms with Crippen LogP contribution in [0, 0.1) is 5.82 Å². The molecule has 2 aromatic carbocycles. The summed E-state index contributed by atoms with van der Waals surface area (Å²) in [4.78, 5) is 29.7. The number of Topliss-reactive ketones (excluding diaryl/α,β-unsaturated/α-hetero) is 1. The summed E-state index contributed by atoms with van der Waals surface area (Å²) in [5.41, 5.74) is 0.374. The summed E-state index contributed by atoms with van der Waals surface area (Å²) in [7, 11) is 1.49. The number of likely N-dealkylation sites (tertiary alicyclic amines) is 1. The number of methoxy groups -OCH3 is 1. The molecule has 174 valence electrons. The molecule has 1 N–H and O–H groups in total. The van der Waals surface area contributed by atoms with Crippen LogP contribution in [0.3, 0.4) is 0 Å². The van der Waals surface area contributed by atoms with Crippen LogP contribution in [0.1, 0.15) is 23.6 Å². The molecule has 1 amide bonds. The predicted molar refractivity (Wildman–Crippen MR) is 120 cm³/mol. The highest BCUT2D eigenvalue weighted by atomic mass is 19.1. The monoisotopic (exact) mass is 454 g/mol. The van der Waals surface area contributed by atoms with E-state index < -0.39 is 23.5 Å². The molecule has 2 saturated heterocycles. The zero-order valence-corrected chi connectivity index (χ0v) is 18.5. The van der Waals surface area contributed by atoms with Crippen LogP contribution in [0.25, 0.3) is 5.76 Å². The van der Waals surface area contributed by atoms with E-state index in [9.17, 15) is 19.1 Å². The number of aliphatic hydroxyl groups excluding tert-OH is 1. The third-order valence-electron chi connectivity index (χ3n) is 6.06. The number of ether oxygens (including phenoxy) is 2. The van der Waals surface area contributed by atoms with Gasteiger partial charge in [-0.3, -0.25) is 14.5 Å². The van der Waals surface area contributed by atoms with Crippen molar-refractivity contribution in [1.29, 1.82) is 0 Å². The number of nitrogens with zero attached hydrogens (tertiary/aromatic N) is 2. The molecule has 0 saturated carbocycles. The first kappa shape index (κ1) is 22.9. The van der Waals surface area contributed by atoms with Gasteiger partial charge in [-0.1, -0.05) is 30.3 Å². The van der Waals surface area contributed by atoms with Gasteiger partial charge in [0.25, 0.3) is 11.7 Å². The fraction of sp³-hybridized carbons (Fsp3) is 0.360. The Bertz CT molecular complexity index is 1060. The van der Waals surface area contributed by atoms with Crippen molar-refractivity contribution in [3.05, 3.63) is 71.0 Å². The van der Waals surface area contributed by atoms with Crippen molar-refractivity contribution < 1.29 is 28.6 Å². The summed E-state index contributed by atoms with van der Waals surface area (Å²) < 4.78 is 25.4. The van der Waals surface area contributed by atoms with Gasteiger partial charge in [-0.15, -0.1) is 0 Å². The summed E-state index contributed by atoms with van der Waals surface area (Å²) in [6.45, 7) is 3.94. The molecule has 33 heavy (non-hydrogen) atoms. The lowest BCUT2D eigenvalue weighted by molar-refractivity contribution is -0.140. The van der Waals surface area contributed by atoms with E-state index in [1.165, 1.54) is 18.1 Å². The minimum Gasteiger partial charge on any atom is -0.507 e. The quantitative estimate of drug-likeness (QED) is 0.394. The van der Waals surface area contributed by atoms with Crippen molar-refractivity contribution in [3.8, 4) is 5.75 Å². The Morgan fingerprint density at radius 1 is 1.12 bits per heavy atom. The molecule has 2 aliphatic rings. The second-order valence-corrected chi connectivity index (χ2v) is 8.05. The standard InChI is InChI=1S/C25H27FN2O5/c1-32-18-7-4-6-17(16-18)23(29)21-22(19-8-2-3-9-20(19)26)28(25(31)24(21)30)11-5-10-27-12-14-33-15-13-27/h2-4,6-9,16,22,29H,5,10-15H2,1H3/b23-21+/t22-/m0/s1. The SMILES string of the molecule is COc1cccc(/C(O)=C2\C(=O)C(=O)N(CCCN3CCOCC3)[C@H]2c2ccccc2F)c1. The van der Waals surface area contributed by atoms with E-state index in [0.29, 0.717) is 30.9 Å². The minimum atomic E-state index is -1.01. The highest BCUT2D eigenvalue weighted by Gasteiger charge is 2.46. The third-order valence-corrected chi connectivity index (χ3v) is 6.06. The van der Waals surface area contributed by atoms with Crippen LogP contribution in [0.2, 0.25) is 0 Å². The Labute approximate surface area is 192 Å². The van der Waals surface area contributed by atoms with Crippen molar-refractivity contribution in [1.82, 2.24) is 9.80 Å². The van der Waals surface area contributed by atoms with Crippen molar-refractivity contribution >= 4 is 17.4 Å². The van der Waals surface area contributed by atoms with Crippen LogP contribution < -0.4 is 4.74 Å². The Morgan fingerprint density at radius 2 is 1.88 bits per heavy atom. The fourth-order valence-electron chi connectivity index (χ4n) is 4.35. The van der Waals surface area contributed by atoms with E-state index in [1.54, 1.807) is 42.5 Å². The number of hydrogen-bond acceptors (Lipinski definition) is 6. The number of ketones is 1. The first-order chi connectivity index (χ1) is 16.0. The Morgan fingerprint density at radius 3 is 2.61 bits per heavy atom. The molecule has 0 radical (unpaired) electrons. The average molecular weight is 454 g/mol. The highest BCUT2D eigenvalue weighted by molar-refractivity contribution is 6.46. The molecule has 0 unspecified atom stereocenters. The number of benzene rings is 2. The van der Waals surface area contributed by atoms with E-state index in [2.05, 4.69) is 4.90 Å². The number of hydrogen-bond donors (Lipinski definition) is 1. The lowest BCUT2D eigenvalue weighted by atomic mass is 9.95. The van der Waals surface area contributed by atoms with Gasteiger partial charge in [0, 0.05) is 37.3 Å². The molecular formula is C25H27FN2O5. The average Bonchev–Trinajstić information content (AvgIpc) is 3.09. The van der Waals surface area contributed by atoms with E-state index in [0.717, 1.165) is 19.6 Å². The van der Waals surface area contributed by atoms with Gasteiger partial charge in [0.05, 0.1) is 31.9 Å². The van der Waals surface area contributed by atoms with Crippen molar-refractivity contribution in [2.45, 2.75) is 12.5 Å². The second-order valence-electron chi connectivity index (χ2n) is 8.05. The second kappa shape index (κ2) is 10.1. The zero-order valence-electron chi connectivity index (χ0n) is 18.5. The van der Waals surface area contributed by atoms with Gasteiger partial charge < -0.3 is 19.5 Å². The first-order valence-electron chi connectivity index (χ1n) is 11.0. The third kappa shape index (κ3) is 4.77. The summed E-state index contributed by atoms with van der Waals surface area (Å²) in [5.74, 6) is -1.97. The van der Waals surface area contributed by atoms with E-state index >= 15 is 0 Å². The minimum absolute atomic E-state index is 0.121. The maximum Gasteiger partial charge on any atom is 0.295 e. The number of carbonyl (C=O) groups excluding carboxylic acids is 2. The molecule has 0 bridgehead atoms. The largest absolute Gasteiger partial charge is 0.507 e. The number of amides is 1. The Balaban J connectivity index is 1.69. The Kier molecular flexibility index (Phi) is 7.05. The van der Waals surface area contributed by atoms with E-state index in [-0.39, 0.29) is 23.4 Å². The van der Waals surface area contributed by atoms with Crippen LogP contribution in [0.15, 0.2) is 54.1 Å². The highest BCUT2D eigenvalue weighted by Crippen LogP contribution is 2.40. The first-order valence-corrected chi connectivity index (χ1v) is 11.0. The molecule has 7 nitrogen and oxygen atoms in total. The van der Waals surface area contributed by atoms with Crippen molar-refractivity contribution in [2.75, 3.05) is 46.5 Å². The maximum atomic E-state index is 14.8. The molecule has 0 aromatic heterocycles. The molecule has 2 aliphatic heterocycles. The zero-order chi connectivity index (χ0) is 23.4. The summed E-state index contributed by atoms with van der Waals surface area (Å²) >= 11 is 0. The van der Waals surface area contributed by atoms with Gasteiger partial charge in [0.1, 0.15) is 17.3 Å². The molecule has 4 rings (SSSR count). The number of morpholine rings is 1. The van der Waals surface area contributed by atoms with Crippen molar-refractivity contribution in [2.24, 2.45) is 0 Å². The molecule has 0 aliphatic carbocycles. The van der Waals surface area contributed by atoms with Crippen LogP contribution in [-0.4, -0.2) is 73.1 Å². The van der Waals surface area contributed by atoms with Gasteiger partial charge in [-0.25, -0.2) is 4.39 Å². The van der Waals surface area contributed by atoms with E-state index in [1.807, 2.05) is 0 Å². The molecule has 2 aromatic rings. The Hall–Kier alpha value is -3.23. The number of aliphatic hydroxyl groups is 1. The molecular weight excluding hydrogens is 427 g/mol. The summed E-state index contributed by atoms with van der Waals surface area (Å²) in [6.07, 6.45) is 0.608. The number of halogens is 1.